The first kappa shape index (κ1) is 16.4. The zero-order valence-electron chi connectivity index (χ0n) is 9.21. The van der Waals surface area contributed by atoms with Crippen molar-refractivity contribution >= 4 is 21.8 Å². The Kier molecular flexibility index (Phi) is 6.73. The van der Waals surface area contributed by atoms with Crippen molar-refractivity contribution in [1.29, 1.82) is 0 Å². The smallest absolute Gasteiger partial charge is 0.748 e. The summed E-state index contributed by atoms with van der Waals surface area (Å²) in [5.74, 6) is -1.56. The molecule has 0 aliphatic rings. The maximum absolute atomic E-state index is 10.5. The van der Waals surface area contributed by atoms with Gasteiger partial charge in [0.1, 0.15) is 6.54 Å². The molecule has 6 nitrogen and oxygen atoms in total. The van der Waals surface area contributed by atoms with E-state index in [0.29, 0.717) is 11.3 Å². The number of hydrogen-bond acceptors (Lipinski definition) is 5. The van der Waals surface area contributed by atoms with Gasteiger partial charge in [0.15, 0.2) is 0 Å². The molecule has 0 spiro atoms. The fraction of sp³-hybridized carbons (Fsp3) is 0.222. The van der Waals surface area contributed by atoms with Crippen LogP contribution in [0.2, 0.25) is 0 Å². The van der Waals surface area contributed by atoms with E-state index in [1.54, 1.807) is 0 Å². The van der Waals surface area contributed by atoms with Crippen LogP contribution in [0, 0.1) is 0 Å². The minimum atomic E-state index is -4.28. The van der Waals surface area contributed by atoms with Gasteiger partial charge in [-0.2, -0.15) is 0 Å². The minimum absolute atomic E-state index is 0. The van der Waals surface area contributed by atoms with E-state index in [1.165, 1.54) is 24.3 Å². The molecule has 1 rings (SSSR count). The molecule has 0 unspecified atom stereocenters. The molecule has 0 heterocycles. The molecule has 0 amide bonds. The zero-order chi connectivity index (χ0) is 12.2. The number of hydrogen-bond donors (Lipinski definition) is 2. The Morgan fingerprint density at radius 3 is 2.24 bits per heavy atom. The molecule has 0 aliphatic heterocycles. The molecule has 0 bridgehead atoms. The average Bonchev–Trinajstić information content (AvgIpc) is 2.14. The largest absolute Gasteiger partial charge is 1.00 e. The van der Waals surface area contributed by atoms with E-state index in [1.807, 2.05) is 0 Å². The Morgan fingerprint density at radius 1 is 1.29 bits per heavy atom. The van der Waals surface area contributed by atoms with Gasteiger partial charge in [-0.05, 0) is 17.7 Å². The molecule has 2 N–H and O–H groups in total. The molecule has 0 atom stereocenters. The van der Waals surface area contributed by atoms with Gasteiger partial charge in [-0.1, -0.05) is 12.1 Å². The van der Waals surface area contributed by atoms with Gasteiger partial charge < -0.3 is 15.0 Å². The maximum atomic E-state index is 10.5. The van der Waals surface area contributed by atoms with Crippen LogP contribution in [-0.2, 0) is 20.7 Å². The van der Waals surface area contributed by atoms with Gasteiger partial charge in [0, 0.05) is 5.69 Å². The first-order valence-electron chi connectivity index (χ1n) is 4.35. The second-order valence-corrected chi connectivity index (χ2v) is 4.55. The minimum Gasteiger partial charge on any atom is -0.748 e. The van der Waals surface area contributed by atoms with Gasteiger partial charge in [0.25, 0.3) is 0 Å². The molecule has 17 heavy (non-hydrogen) atoms. The second kappa shape index (κ2) is 6.97. The van der Waals surface area contributed by atoms with Gasteiger partial charge >= 0.3 is 35.5 Å². The van der Waals surface area contributed by atoms with Crippen LogP contribution in [-0.4, -0.2) is 30.6 Å². The van der Waals surface area contributed by atoms with E-state index in [-0.39, 0.29) is 36.1 Å². The van der Waals surface area contributed by atoms with Crippen molar-refractivity contribution in [2.45, 2.75) is 5.75 Å². The van der Waals surface area contributed by atoms with E-state index in [4.69, 9.17) is 5.11 Å². The fourth-order valence-electron chi connectivity index (χ4n) is 1.10. The summed E-state index contributed by atoms with van der Waals surface area (Å²) in [6.45, 7) is -0.223. The van der Waals surface area contributed by atoms with Crippen LogP contribution < -0.4 is 34.9 Å². The third kappa shape index (κ3) is 7.35. The Morgan fingerprint density at radius 2 is 1.82 bits per heavy atom. The number of aliphatic carboxylic acids is 1. The molecule has 1 aromatic rings. The van der Waals surface area contributed by atoms with Crippen molar-refractivity contribution in [3.63, 3.8) is 0 Å². The summed E-state index contributed by atoms with van der Waals surface area (Å²) in [5.41, 5.74) is 0.922. The summed E-state index contributed by atoms with van der Waals surface area (Å²) in [6, 6.07) is 5.95. The number of benzene rings is 1. The predicted octanol–water partition coefficient (Wildman–Crippen LogP) is -2.77. The second-order valence-electron chi connectivity index (χ2n) is 3.15. The fourth-order valence-corrected chi connectivity index (χ4v) is 1.70. The molecule has 0 radical (unpaired) electrons. The van der Waals surface area contributed by atoms with Crippen molar-refractivity contribution < 1.29 is 52.4 Å². The van der Waals surface area contributed by atoms with Crippen LogP contribution in [0.25, 0.3) is 0 Å². The topological polar surface area (TPSA) is 107 Å². The van der Waals surface area contributed by atoms with Crippen molar-refractivity contribution in [2.24, 2.45) is 0 Å². The number of anilines is 1. The van der Waals surface area contributed by atoms with Gasteiger partial charge in [-0.25, -0.2) is 8.42 Å². The van der Waals surface area contributed by atoms with Crippen LogP contribution in [0.15, 0.2) is 24.3 Å². The van der Waals surface area contributed by atoms with E-state index in [2.05, 4.69) is 5.32 Å². The van der Waals surface area contributed by atoms with Crippen molar-refractivity contribution in [3.8, 4) is 0 Å². The van der Waals surface area contributed by atoms with Crippen molar-refractivity contribution in [1.82, 2.24) is 0 Å². The van der Waals surface area contributed by atoms with Gasteiger partial charge in [-0.15, -0.1) is 0 Å². The van der Waals surface area contributed by atoms with E-state index in [0.717, 1.165) is 0 Å². The molecular weight excluding hydrogens is 257 g/mol. The number of carboxylic acid groups (broad SMARTS) is 1. The van der Waals surface area contributed by atoms with Gasteiger partial charge in [0.05, 0.1) is 15.9 Å². The first-order valence-corrected chi connectivity index (χ1v) is 5.93. The number of carbonyl (C=O) groups is 1. The van der Waals surface area contributed by atoms with E-state index >= 15 is 0 Å². The summed E-state index contributed by atoms with van der Waals surface area (Å²) in [4.78, 5) is 10.2. The first-order chi connectivity index (χ1) is 7.37. The standard InChI is InChI=1S/C9H11NO5S.Na/c11-9(12)5-10-8-3-1-7(2-4-8)6-16(13,14)15;/h1-4,10H,5-6H2,(H,11,12)(H,13,14,15);/q;+1/p-1. The SMILES string of the molecule is O=C(O)CNc1ccc(CS(=O)(=O)[O-])cc1.[Na+]. The maximum Gasteiger partial charge on any atom is 1.00 e. The average molecular weight is 267 g/mol. The summed E-state index contributed by atoms with van der Waals surface area (Å²) in [7, 11) is -4.28. The van der Waals surface area contributed by atoms with Crippen molar-refractivity contribution in [2.75, 3.05) is 11.9 Å². The molecule has 1 aromatic carbocycles. The van der Waals surface area contributed by atoms with E-state index in [9.17, 15) is 17.8 Å². The normalized spacial score (nSPS) is 10.4. The molecule has 0 saturated heterocycles. The van der Waals surface area contributed by atoms with Crippen LogP contribution in [0.5, 0.6) is 0 Å². The zero-order valence-corrected chi connectivity index (χ0v) is 12.0. The van der Waals surface area contributed by atoms with Gasteiger partial charge in [0.2, 0.25) is 0 Å². The monoisotopic (exact) mass is 267 g/mol. The Hall–Kier alpha value is -0.600. The molecule has 0 fully saturated rings. The number of nitrogens with one attached hydrogen (secondary N) is 1. The molecule has 0 aliphatic carbocycles. The Labute approximate surface area is 121 Å². The van der Waals surface area contributed by atoms with Crippen LogP contribution in [0.4, 0.5) is 5.69 Å². The number of rotatable bonds is 5. The summed E-state index contributed by atoms with van der Waals surface area (Å²) >= 11 is 0. The Bertz CT molecular complexity index is 471. The third-order valence-corrected chi connectivity index (χ3v) is 2.43. The van der Waals surface area contributed by atoms with Gasteiger partial charge in [-0.3, -0.25) is 4.79 Å². The molecule has 0 aromatic heterocycles. The van der Waals surface area contributed by atoms with Crippen molar-refractivity contribution in [3.05, 3.63) is 29.8 Å². The molecule has 0 saturated carbocycles. The summed E-state index contributed by atoms with van der Waals surface area (Å²) in [6.07, 6.45) is 0. The number of carboxylic acids is 1. The van der Waals surface area contributed by atoms with E-state index < -0.39 is 21.8 Å². The molecule has 8 heteroatoms. The third-order valence-electron chi connectivity index (χ3n) is 1.74. The van der Waals surface area contributed by atoms with Crippen LogP contribution in [0.1, 0.15) is 5.56 Å². The quantitative estimate of drug-likeness (QED) is 0.442. The van der Waals surface area contributed by atoms with Crippen LogP contribution in [0.3, 0.4) is 0 Å². The predicted molar refractivity (Wildman–Crippen MR) is 56.0 cm³/mol. The molecular formula is C9H10NNaO5S. The summed E-state index contributed by atoms with van der Waals surface area (Å²) in [5, 5.41) is 11.0. The Balaban J connectivity index is 0.00000256. The van der Waals surface area contributed by atoms with Crippen LogP contribution >= 0.6 is 0 Å². The summed E-state index contributed by atoms with van der Waals surface area (Å²) < 4.78 is 31.4. The molecule has 88 valence electrons.